The molecule has 1 aromatic rings. The predicted molar refractivity (Wildman–Crippen MR) is 75.8 cm³/mol. The van der Waals surface area contributed by atoms with Crippen molar-refractivity contribution in [2.75, 3.05) is 6.54 Å². The van der Waals surface area contributed by atoms with Gasteiger partial charge >= 0.3 is 0 Å². The number of halogens is 1. The minimum absolute atomic E-state index is 0.00602. The third-order valence-electron chi connectivity index (χ3n) is 2.97. The molecule has 0 radical (unpaired) electrons. The van der Waals surface area contributed by atoms with Gasteiger partial charge in [0.1, 0.15) is 0 Å². The Morgan fingerprint density at radius 1 is 1.28 bits per heavy atom. The monoisotopic (exact) mass is 268 g/mol. The van der Waals surface area contributed by atoms with Crippen LogP contribution in [0.5, 0.6) is 0 Å². The lowest BCUT2D eigenvalue weighted by Crippen LogP contribution is -2.38. The van der Waals surface area contributed by atoms with E-state index < -0.39 is 0 Å². The van der Waals surface area contributed by atoms with Crippen LogP contribution in [0.4, 0.5) is 0 Å². The molecule has 0 aromatic heterocycles. The van der Waals surface area contributed by atoms with Crippen LogP contribution in [-0.2, 0) is 4.79 Å². The molecule has 2 N–H and O–H groups in total. The lowest BCUT2D eigenvalue weighted by atomic mass is 10.1. The molecule has 2 unspecified atom stereocenters. The summed E-state index contributed by atoms with van der Waals surface area (Å²) >= 11 is 5.83. The van der Waals surface area contributed by atoms with Gasteiger partial charge in [0.05, 0.1) is 12.6 Å². The Hall–Kier alpha value is -1.06. The van der Waals surface area contributed by atoms with Gasteiger partial charge in [-0.25, -0.2) is 0 Å². The first kappa shape index (κ1) is 15.0. The van der Waals surface area contributed by atoms with Gasteiger partial charge < -0.3 is 10.6 Å². The number of amides is 1. The van der Waals surface area contributed by atoms with Crippen molar-refractivity contribution in [3.63, 3.8) is 0 Å². The van der Waals surface area contributed by atoms with Crippen molar-refractivity contribution in [3.05, 3.63) is 34.9 Å². The fourth-order valence-corrected chi connectivity index (χ4v) is 1.66. The van der Waals surface area contributed by atoms with Crippen molar-refractivity contribution in [1.82, 2.24) is 10.6 Å². The minimum atomic E-state index is -0.00602. The van der Waals surface area contributed by atoms with Gasteiger partial charge in [-0.15, -0.1) is 0 Å². The van der Waals surface area contributed by atoms with Crippen LogP contribution in [0.15, 0.2) is 24.3 Å². The Morgan fingerprint density at radius 3 is 2.44 bits per heavy atom. The van der Waals surface area contributed by atoms with E-state index in [4.69, 9.17) is 11.6 Å². The first-order valence-corrected chi connectivity index (χ1v) is 6.69. The highest BCUT2D eigenvalue weighted by atomic mass is 35.5. The molecule has 100 valence electrons. The number of carbonyl (C=O) groups is 1. The van der Waals surface area contributed by atoms with Crippen molar-refractivity contribution in [1.29, 1.82) is 0 Å². The first-order chi connectivity index (χ1) is 8.52. The molecule has 0 saturated carbocycles. The van der Waals surface area contributed by atoms with Gasteiger partial charge in [0.15, 0.2) is 0 Å². The van der Waals surface area contributed by atoms with Crippen LogP contribution < -0.4 is 10.6 Å². The van der Waals surface area contributed by atoms with Crippen molar-refractivity contribution >= 4 is 17.5 Å². The second-order valence-electron chi connectivity index (χ2n) is 4.53. The average Bonchev–Trinajstić information content (AvgIpc) is 2.36. The standard InChI is InChI=1S/C14H21ClN2O/c1-4-10(2)16-9-14(18)17-11(3)12-5-7-13(15)8-6-12/h5-8,10-11,16H,4,9H2,1-3H3,(H,17,18). The highest BCUT2D eigenvalue weighted by Crippen LogP contribution is 2.15. The number of hydrogen-bond donors (Lipinski definition) is 2. The summed E-state index contributed by atoms with van der Waals surface area (Å²) in [6.07, 6.45) is 1.01. The zero-order chi connectivity index (χ0) is 13.5. The van der Waals surface area contributed by atoms with Crippen LogP contribution in [0, 0.1) is 0 Å². The van der Waals surface area contributed by atoms with E-state index in [1.807, 2.05) is 31.2 Å². The Bertz CT molecular complexity index is 378. The molecule has 0 spiro atoms. The fourth-order valence-electron chi connectivity index (χ4n) is 1.54. The molecule has 1 rings (SSSR count). The first-order valence-electron chi connectivity index (χ1n) is 6.31. The van der Waals surface area contributed by atoms with Crippen LogP contribution >= 0.6 is 11.6 Å². The van der Waals surface area contributed by atoms with Gasteiger partial charge in [-0.3, -0.25) is 4.79 Å². The van der Waals surface area contributed by atoms with Gasteiger partial charge in [0, 0.05) is 11.1 Å². The summed E-state index contributed by atoms with van der Waals surface area (Å²) in [6, 6.07) is 7.87. The van der Waals surface area contributed by atoms with E-state index in [-0.39, 0.29) is 11.9 Å². The molecular formula is C14H21ClN2O. The van der Waals surface area contributed by atoms with E-state index in [1.165, 1.54) is 0 Å². The molecule has 0 saturated heterocycles. The zero-order valence-corrected chi connectivity index (χ0v) is 11.9. The molecule has 0 aliphatic heterocycles. The van der Waals surface area contributed by atoms with Crippen LogP contribution in [0.2, 0.25) is 5.02 Å². The molecule has 1 amide bonds. The molecule has 0 heterocycles. The molecule has 0 aliphatic carbocycles. The molecule has 18 heavy (non-hydrogen) atoms. The molecule has 4 heteroatoms. The summed E-state index contributed by atoms with van der Waals surface area (Å²) in [6.45, 7) is 6.47. The smallest absolute Gasteiger partial charge is 0.234 e. The zero-order valence-electron chi connectivity index (χ0n) is 11.2. The highest BCUT2D eigenvalue weighted by molar-refractivity contribution is 6.30. The topological polar surface area (TPSA) is 41.1 Å². The highest BCUT2D eigenvalue weighted by Gasteiger charge is 2.09. The van der Waals surface area contributed by atoms with E-state index in [2.05, 4.69) is 24.5 Å². The maximum Gasteiger partial charge on any atom is 0.234 e. The number of hydrogen-bond acceptors (Lipinski definition) is 2. The molecule has 1 aromatic carbocycles. The van der Waals surface area contributed by atoms with E-state index in [1.54, 1.807) is 0 Å². The Balaban J connectivity index is 2.42. The lowest BCUT2D eigenvalue weighted by Gasteiger charge is -2.16. The van der Waals surface area contributed by atoms with Gasteiger partial charge in [-0.05, 0) is 38.0 Å². The Labute approximate surface area is 114 Å². The molecular weight excluding hydrogens is 248 g/mol. The van der Waals surface area contributed by atoms with E-state index in [9.17, 15) is 4.79 Å². The maximum absolute atomic E-state index is 11.7. The SMILES string of the molecule is CCC(C)NCC(=O)NC(C)c1ccc(Cl)cc1. The molecule has 0 fully saturated rings. The lowest BCUT2D eigenvalue weighted by molar-refractivity contribution is -0.121. The second kappa shape index (κ2) is 7.39. The normalized spacial score (nSPS) is 14.0. The number of nitrogens with one attached hydrogen (secondary N) is 2. The third kappa shape index (κ3) is 5.07. The average molecular weight is 269 g/mol. The second-order valence-corrected chi connectivity index (χ2v) is 4.97. The number of benzene rings is 1. The Morgan fingerprint density at radius 2 is 1.89 bits per heavy atom. The number of rotatable bonds is 6. The van der Waals surface area contributed by atoms with E-state index in [0.717, 1.165) is 12.0 Å². The van der Waals surface area contributed by atoms with Crippen molar-refractivity contribution in [2.45, 2.75) is 39.3 Å². The fraction of sp³-hybridized carbons (Fsp3) is 0.500. The molecule has 2 atom stereocenters. The van der Waals surface area contributed by atoms with Crippen molar-refractivity contribution in [3.8, 4) is 0 Å². The van der Waals surface area contributed by atoms with Crippen LogP contribution in [-0.4, -0.2) is 18.5 Å². The third-order valence-corrected chi connectivity index (χ3v) is 3.22. The van der Waals surface area contributed by atoms with Gasteiger partial charge in [-0.1, -0.05) is 30.7 Å². The minimum Gasteiger partial charge on any atom is -0.348 e. The quantitative estimate of drug-likeness (QED) is 0.833. The van der Waals surface area contributed by atoms with Gasteiger partial charge in [0.2, 0.25) is 5.91 Å². The van der Waals surface area contributed by atoms with E-state index in [0.29, 0.717) is 17.6 Å². The van der Waals surface area contributed by atoms with Crippen molar-refractivity contribution < 1.29 is 4.79 Å². The maximum atomic E-state index is 11.7. The molecule has 0 bridgehead atoms. The summed E-state index contributed by atoms with van der Waals surface area (Å²) in [4.78, 5) is 11.7. The van der Waals surface area contributed by atoms with Crippen LogP contribution in [0.1, 0.15) is 38.8 Å². The Kier molecular flexibility index (Phi) is 6.16. The summed E-state index contributed by atoms with van der Waals surface area (Å²) in [7, 11) is 0. The van der Waals surface area contributed by atoms with Crippen LogP contribution in [0.3, 0.4) is 0 Å². The molecule has 3 nitrogen and oxygen atoms in total. The number of carbonyl (C=O) groups excluding carboxylic acids is 1. The summed E-state index contributed by atoms with van der Waals surface area (Å²) < 4.78 is 0. The largest absolute Gasteiger partial charge is 0.348 e. The predicted octanol–water partition coefficient (Wildman–Crippen LogP) is 2.91. The summed E-state index contributed by atoms with van der Waals surface area (Å²) in [5, 5.41) is 6.82. The van der Waals surface area contributed by atoms with Crippen molar-refractivity contribution in [2.24, 2.45) is 0 Å². The van der Waals surface area contributed by atoms with Gasteiger partial charge in [0.25, 0.3) is 0 Å². The summed E-state index contributed by atoms with van der Waals surface area (Å²) in [5.74, 6) is 0.0118. The van der Waals surface area contributed by atoms with Gasteiger partial charge in [-0.2, -0.15) is 0 Å². The van der Waals surface area contributed by atoms with E-state index >= 15 is 0 Å². The molecule has 0 aliphatic rings. The summed E-state index contributed by atoms with van der Waals surface area (Å²) in [5.41, 5.74) is 1.05. The van der Waals surface area contributed by atoms with Crippen LogP contribution in [0.25, 0.3) is 0 Å².